The normalized spacial score (nSPS) is 10.1. The Morgan fingerprint density at radius 1 is 0.750 bits per heavy atom. The first-order valence-corrected chi connectivity index (χ1v) is 6.83. The summed E-state index contributed by atoms with van der Waals surface area (Å²) in [6.45, 7) is 5.95. The molecule has 0 heterocycles. The highest BCUT2D eigenvalue weighted by Crippen LogP contribution is 2.03. The summed E-state index contributed by atoms with van der Waals surface area (Å²) in [7, 11) is 0. The van der Waals surface area contributed by atoms with Crippen molar-refractivity contribution >= 4 is 6.03 Å². The lowest BCUT2D eigenvalue weighted by molar-refractivity contribution is 0.240. The van der Waals surface area contributed by atoms with Gasteiger partial charge >= 0.3 is 6.03 Å². The number of urea groups is 1. The predicted octanol–water partition coefficient (Wildman–Crippen LogP) is 3.45. The number of nitrogens with one attached hydrogen (secondary N) is 2. The molecule has 0 rings (SSSR count). The number of carbonyl (C=O) groups excluding carboxylic acids is 1. The fraction of sp³-hybridized carbons (Fsp3) is 0.923. The summed E-state index contributed by atoms with van der Waals surface area (Å²) in [5.74, 6) is 0. The van der Waals surface area contributed by atoms with Crippen LogP contribution in [0.2, 0.25) is 0 Å². The molecule has 0 saturated heterocycles. The van der Waals surface area contributed by atoms with E-state index in [0.29, 0.717) is 0 Å². The molecule has 0 saturated carbocycles. The minimum atomic E-state index is -0.0120. The molecule has 2 N–H and O–H groups in total. The molecule has 0 aromatic heterocycles. The third-order valence-corrected chi connectivity index (χ3v) is 2.63. The fourth-order valence-corrected chi connectivity index (χ4v) is 1.55. The molecular formula is C13H28N2O. The van der Waals surface area contributed by atoms with Gasteiger partial charge in [0, 0.05) is 13.1 Å². The first-order valence-electron chi connectivity index (χ1n) is 6.83. The van der Waals surface area contributed by atoms with E-state index in [1.807, 2.05) is 0 Å². The van der Waals surface area contributed by atoms with Crippen molar-refractivity contribution in [1.82, 2.24) is 10.6 Å². The van der Waals surface area contributed by atoms with Crippen LogP contribution in [0.5, 0.6) is 0 Å². The minimum Gasteiger partial charge on any atom is -0.338 e. The summed E-state index contributed by atoms with van der Waals surface area (Å²) in [5.41, 5.74) is 0. The molecule has 96 valence electrons. The van der Waals surface area contributed by atoms with E-state index < -0.39 is 0 Å². The minimum absolute atomic E-state index is 0.0120. The van der Waals surface area contributed by atoms with E-state index in [9.17, 15) is 4.79 Å². The first-order chi connectivity index (χ1) is 7.81. The molecule has 0 aromatic carbocycles. The van der Waals surface area contributed by atoms with Crippen molar-refractivity contribution in [2.24, 2.45) is 0 Å². The second-order valence-electron chi connectivity index (χ2n) is 4.30. The van der Waals surface area contributed by atoms with Crippen molar-refractivity contribution in [3.63, 3.8) is 0 Å². The highest BCUT2D eigenvalue weighted by atomic mass is 16.2. The summed E-state index contributed by atoms with van der Waals surface area (Å²) >= 11 is 0. The van der Waals surface area contributed by atoms with Crippen molar-refractivity contribution in [2.45, 2.75) is 65.2 Å². The Morgan fingerprint density at radius 3 is 1.88 bits per heavy atom. The van der Waals surface area contributed by atoms with Gasteiger partial charge in [-0.25, -0.2) is 4.79 Å². The number of carbonyl (C=O) groups is 1. The Morgan fingerprint density at radius 2 is 1.25 bits per heavy atom. The van der Waals surface area contributed by atoms with Gasteiger partial charge in [-0.05, 0) is 12.8 Å². The van der Waals surface area contributed by atoms with Crippen LogP contribution in [0.25, 0.3) is 0 Å². The van der Waals surface area contributed by atoms with Crippen LogP contribution in [0.1, 0.15) is 65.2 Å². The second-order valence-corrected chi connectivity index (χ2v) is 4.30. The molecule has 0 aliphatic rings. The van der Waals surface area contributed by atoms with E-state index in [4.69, 9.17) is 0 Å². The van der Waals surface area contributed by atoms with E-state index in [1.165, 1.54) is 32.1 Å². The van der Waals surface area contributed by atoms with Crippen LogP contribution in [0.3, 0.4) is 0 Å². The van der Waals surface area contributed by atoms with Crippen molar-refractivity contribution < 1.29 is 4.79 Å². The van der Waals surface area contributed by atoms with E-state index in [1.54, 1.807) is 0 Å². The maximum atomic E-state index is 11.2. The number of hydrogen-bond donors (Lipinski definition) is 2. The number of amides is 2. The third kappa shape index (κ3) is 11.3. The van der Waals surface area contributed by atoms with E-state index in [0.717, 1.165) is 32.4 Å². The standard InChI is InChI=1S/C13H28N2O/c1-3-5-7-8-9-10-12-15-13(16)14-11-6-4-2/h3-12H2,1-2H3,(H2,14,15,16). The molecule has 0 bridgehead atoms. The molecule has 0 spiro atoms. The Balaban J connectivity index is 3.09. The largest absolute Gasteiger partial charge is 0.338 e. The summed E-state index contributed by atoms with van der Waals surface area (Å²) in [4.78, 5) is 11.2. The van der Waals surface area contributed by atoms with Gasteiger partial charge in [0.2, 0.25) is 0 Å². The van der Waals surface area contributed by atoms with Gasteiger partial charge in [0.15, 0.2) is 0 Å². The Kier molecular flexibility index (Phi) is 11.8. The average molecular weight is 228 g/mol. The topological polar surface area (TPSA) is 41.1 Å². The van der Waals surface area contributed by atoms with Gasteiger partial charge in [-0.2, -0.15) is 0 Å². The zero-order chi connectivity index (χ0) is 12.1. The van der Waals surface area contributed by atoms with Crippen LogP contribution in [-0.2, 0) is 0 Å². The molecule has 2 amide bonds. The van der Waals surface area contributed by atoms with Gasteiger partial charge in [0.1, 0.15) is 0 Å². The molecular weight excluding hydrogens is 200 g/mol. The van der Waals surface area contributed by atoms with Gasteiger partial charge in [-0.15, -0.1) is 0 Å². The molecule has 0 unspecified atom stereocenters. The Bertz CT molecular complexity index is 160. The van der Waals surface area contributed by atoms with Crippen LogP contribution < -0.4 is 10.6 Å². The van der Waals surface area contributed by atoms with Gasteiger partial charge in [0.25, 0.3) is 0 Å². The molecule has 0 atom stereocenters. The van der Waals surface area contributed by atoms with Crippen molar-refractivity contribution in [3.05, 3.63) is 0 Å². The lowest BCUT2D eigenvalue weighted by atomic mass is 10.1. The lowest BCUT2D eigenvalue weighted by Gasteiger charge is -2.06. The monoisotopic (exact) mass is 228 g/mol. The Hall–Kier alpha value is -0.730. The maximum absolute atomic E-state index is 11.2. The molecule has 16 heavy (non-hydrogen) atoms. The summed E-state index contributed by atoms with van der Waals surface area (Å²) in [6, 6.07) is -0.0120. The smallest absolute Gasteiger partial charge is 0.314 e. The van der Waals surface area contributed by atoms with Gasteiger partial charge in [-0.3, -0.25) is 0 Å². The van der Waals surface area contributed by atoms with Crippen LogP contribution in [-0.4, -0.2) is 19.1 Å². The Labute approximate surface area is 100 Å². The molecule has 3 nitrogen and oxygen atoms in total. The molecule has 0 radical (unpaired) electrons. The maximum Gasteiger partial charge on any atom is 0.314 e. The highest BCUT2D eigenvalue weighted by Gasteiger charge is 1.97. The van der Waals surface area contributed by atoms with Crippen molar-refractivity contribution in [2.75, 3.05) is 13.1 Å². The molecule has 0 aliphatic heterocycles. The van der Waals surface area contributed by atoms with Crippen molar-refractivity contribution in [1.29, 1.82) is 0 Å². The fourth-order valence-electron chi connectivity index (χ4n) is 1.55. The molecule has 0 aromatic rings. The lowest BCUT2D eigenvalue weighted by Crippen LogP contribution is -2.36. The van der Waals surface area contributed by atoms with Crippen LogP contribution in [0, 0.1) is 0 Å². The molecule has 3 heteroatoms. The van der Waals surface area contributed by atoms with Gasteiger partial charge in [0.05, 0.1) is 0 Å². The quantitative estimate of drug-likeness (QED) is 0.552. The zero-order valence-corrected chi connectivity index (χ0v) is 11.0. The summed E-state index contributed by atoms with van der Waals surface area (Å²) < 4.78 is 0. The summed E-state index contributed by atoms with van der Waals surface area (Å²) in [6.07, 6.45) is 9.78. The third-order valence-electron chi connectivity index (χ3n) is 2.63. The summed E-state index contributed by atoms with van der Waals surface area (Å²) in [5, 5.41) is 5.73. The van der Waals surface area contributed by atoms with Crippen molar-refractivity contribution in [3.8, 4) is 0 Å². The van der Waals surface area contributed by atoms with Gasteiger partial charge in [-0.1, -0.05) is 52.4 Å². The second kappa shape index (κ2) is 12.3. The molecule has 0 fully saturated rings. The average Bonchev–Trinajstić information content (AvgIpc) is 2.28. The van der Waals surface area contributed by atoms with Crippen LogP contribution >= 0.6 is 0 Å². The van der Waals surface area contributed by atoms with E-state index in [-0.39, 0.29) is 6.03 Å². The van der Waals surface area contributed by atoms with E-state index in [2.05, 4.69) is 24.5 Å². The zero-order valence-electron chi connectivity index (χ0n) is 11.0. The highest BCUT2D eigenvalue weighted by molar-refractivity contribution is 5.73. The van der Waals surface area contributed by atoms with Crippen LogP contribution in [0.15, 0.2) is 0 Å². The SMILES string of the molecule is CCCCCCCCNC(=O)NCCCC. The van der Waals surface area contributed by atoms with Gasteiger partial charge < -0.3 is 10.6 Å². The number of rotatable bonds is 10. The van der Waals surface area contributed by atoms with Crippen LogP contribution in [0.4, 0.5) is 4.79 Å². The van der Waals surface area contributed by atoms with E-state index >= 15 is 0 Å². The number of unbranched alkanes of at least 4 members (excludes halogenated alkanes) is 6. The predicted molar refractivity (Wildman–Crippen MR) is 69.7 cm³/mol. The number of hydrogen-bond acceptors (Lipinski definition) is 1. The molecule has 0 aliphatic carbocycles. The first kappa shape index (κ1) is 15.3.